The van der Waals surface area contributed by atoms with E-state index in [1.54, 1.807) is 0 Å². The van der Waals surface area contributed by atoms with E-state index in [1.807, 2.05) is 24.3 Å². The van der Waals surface area contributed by atoms with Crippen molar-refractivity contribution in [3.8, 4) is 0 Å². The van der Waals surface area contributed by atoms with Crippen LogP contribution in [-0.2, 0) is 6.42 Å². The van der Waals surface area contributed by atoms with Crippen molar-refractivity contribution in [1.82, 2.24) is 0 Å². The van der Waals surface area contributed by atoms with Crippen LogP contribution in [0.5, 0.6) is 0 Å². The minimum Gasteiger partial charge on any atom is -0.478 e. The molecule has 5 heteroatoms. The Labute approximate surface area is 121 Å². The summed E-state index contributed by atoms with van der Waals surface area (Å²) in [5.74, 6) is -2.01. The predicted molar refractivity (Wildman–Crippen MR) is 77.0 cm³/mol. The standard InChI is InChI=1S/C15H13ClFNO2/c16-11-3-1-10(2-4-11)7-8-18-12-5-6-14(17)13(9-12)15(19)20/h1-6,9,18H,7-8H2,(H,19,20). The molecule has 0 aliphatic heterocycles. The van der Waals surface area contributed by atoms with Gasteiger partial charge in [-0.15, -0.1) is 0 Å². The van der Waals surface area contributed by atoms with Gasteiger partial charge < -0.3 is 10.4 Å². The van der Waals surface area contributed by atoms with E-state index in [0.717, 1.165) is 18.1 Å². The van der Waals surface area contributed by atoms with E-state index >= 15 is 0 Å². The van der Waals surface area contributed by atoms with Crippen molar-refractivity contribution in [3.05, 3.63) is 64.4 Å². The van der Waals surface area contributed by atoms with Crippen LogP contribution in [0.25, 0.3) is 0 Å². The Kier molecular flexibility index (Phi) is 4.58. The van der Waals surface area contributed by atoms with Crippen molar-refractivity contribution in [2.24, 2.45) is 0 Å². The number of hydrogen-bond donors (Lipinski definition) is 2. The fourth-order valence-corrected chi connectivity index (χ4v) is 1.93. The summed E-state index contributed by atoms with van der Waals surface area (Å²) in [6.07, 6.45) is 0.761. The Morgan fingerprint density at radius 2 is 1.90 bits per heavy atom. The zero-order valence-corrected chi connectivity index (χ0v) is 11.3. The minimum atomic E-state index is -1.27. The van der Waals surface area contributed by atoms with Gasteiger partial charge in [0.2, 0.25) is 0 Å². The molecule has 0 unspecified atom stereocenters. The Morgan fingerprint density at radius 1 is 1.20 bits per heavy atom. The van der Waals surface area contributed by atoms with E-state index in [2.05, 4.69) is 5.32 Å². The number of anilines is 1. The van der Waals surface area contributed by atoms with Crippen LogP contribution in [0, 0.1) is 5.82 Å². The first-order valence-electron chi connectivity index (χ1n) is 6.07. The van der Waals surface area contributed by atoms with Crippen molar-refractivity contribution < 1.29 is 14.3 Å². The van der Waals surface area contributed by atoms with E-state index in [4.69, 9.17) is 16.7 Å². The average Bonchev–Trinajstić information content (AvgIpc) is 2.42. The number of carboxylic acid groups (broad SMARTS) is 1. The minimum absolute atomic E-state index is 0.332. The lowest BCUT2D eigenvalue weighted by Crippen LogP contribution is -2.07. The second-order valence-electron chi connectivity index (χ2n) is 4.30. The van der Waals surface area contributed by atoms with Crippen LogP contribution in [0.3, 0.4) is 0 Å². The highest BCUT2D eigenvalue weighted by Crippen LogP contribution is 2.15. The Balaban J connectivity index is 1.96. The van der Waals surface area contributed by atoms with Crippen LogP contribution in [0.2, 0.25) is 5.02 Å². The molecule has 2 N–H and O–H groups in total. The van der Waals surface area contributed by atoms with Gasteiger partial charge in [-0.3, -0.25) is 0 Å². The smallest absolute Gasteiger partial charge is 0.338 e. The number of halogens is 2. The largest absolute Gasteiger partial charge is 0.478 e. The van der Waals surface area contributed by atoms with Crippen LogP contribution >= 0.6 is 11.6 Å². The van der Waals surface area contributed by atoms with Crippen LogP contribution in [0.4, 0.5) is 10.1 Å². The SMILES string of the molecule is O=C(O)c1cc(NCCc2ccc(Cl)cc2)ccc1F. The maximum atomic E-state index is 13.2. The average molecular weight is 294 g/mol. The molecule has 0 radical (unpaired) electrons. The summed E-state index contributed by atoms with van der Waals surface area (Å²) in [6, 6.07) is 11.4. The monoisotopic (exact) mass is 293 g/mol. The van der Waals surface area contributed by atoms with Gasteiger partial charge in [0.05, 0.1) is 5.56 Å². The number of aromatic carboxylic acids is 1. The molecular formula is C15H13ClFNO2. The summed E-state index contributed by atoms with van der Waals surface area (Å²) in [5.41, 5.74) is 1.36. The highest BCUT2D eigenvalue weighted by molar-refractivity contribution is 6.30. The summed E-state index contributed by atoms with van der Waals surface area (Å²) >= 11 is 5.80. The molecule has 2 rings (SSSR count). The molecule has 3 nitrogen and oxygen atoms in total. The van der Waals surface area contributed by atoms with E-state index in [1.165, 1.54) is 12.1 Å². The highest BCUT2D eigenvalue weighted by Gasteiger charge is 2.10. The normalized spacial score (nSPS) is 10.3. The first-order chi connectivity index (χ1) is 9.56. The fraction of sp³-hybridized carbons (Fsp3) is 0.133. The summed E-state index contributed by atoms with van der Waals surface area (Å²) in [6.45, 7) is 0.617. The van der Waals surface area contributed by atoms with Gasteiger partial charge in [0.1, 0.15) is 5.82 Å². The molecule has 0 aliphatic rings. The quantitative estimate of drug-likeness (QED) is 0.881. The van der Waals surface area contributed by atoms with Crippen molar-refractivity contribution in [2.75, 3.05) is 11.9 Å². The van der Waals surface area contributed by atoms with Crippen LogP contribution < -0.4 is 5.32 Å². The van der Waals surface area contributed by atoms with Crippen molar-refractivity contribution in [2.45, 2.75) is 6.42 Å². The lowest BCUT2D eigenvalue weighted by molar-refractivity contribution is 0.0692. The molecule has 0 fully saturated rings. The van der Waals surface area contributed by atoms with E-state index < -0.39 is 11.8 Å². The van der Waals surface area contributed by atoms with Gasteiger partial charge in [-0.05, 0) is 42.3 Å². The number of nitrogens with one attached hydrogen (secondary N) is 1. The molecule has 2 aromatic carbocycles. The number of hydrogen-bond acceptors (Lipinski definition) is 2. The molecule has 0 aromatic heterocycles. The molecule has 0 saturated carbocycles. The summed E-state index contributed by atoms with van der Waals surface area (Å²) in [7, 11) is 0. The van der Waals surface area contributed by atoms with Gasteiger partial charge in [-0.25, -0.2) is 9.18 Å². The fourth-order valence-electron chi connectivity index (χ4n) is 1.80. The van der Waals surface area contributed by atoms with Gasteiger partial charge in [0.25, 0.3) is 0 Å². The molecule has 104 valence electrons. The van der Waals surface area contributed by atoms with Gasteiger partial charge in [-0.2, -0.15) is 0 Å². The molecule has 0 saturated heterocycles. The topological polar surface area (TPSA) is 49.3 Å². The Morgan fingerprint density at radius 3 is 2.55 bits per heavy atom. The van der Waals surface area contributed by atoms with Crippen molar-refractivity contribution in [3.63, 3.8) is 0 Å². The molecule has 0 amide bonds. The lowest BCUT2D eigenvalue weighted by atomic mass is 10.1. The first-order valence-corrected chi connectivity index (χ1v) is 6.45. The second-order valence-corrected chi connectivity index (χ2v) is 4.74. The first kappa shape index (κ1) is 14.3. The molecule has 20 heavy (non-hydrogen) atoms. The molecule has 0 heterocycles. The van der Waals surface area contributed by atoms with E-state index in [0.29, 0.717) is 17.3 Å². The molecule has 0 aliphatic carbocycles. The van der Waals surface area contributed by atoms with Crippen LogP contribution in [-0.4, -0.2) is 17.6 Å². The third kappa shape index (κ3) is 3.71. The number of carbonyl (C=O) groups is 1. The molecule has 0 spiro atoms. The molecule has 2 aromatic rings. The Bertz CT molecular complexity index is 614. The third-order valence-electron chi connectivity index (χ3n) is 2.85. The summed E-state index contributed by atoms with van der Waals surface area (Å²) in [4.78, 5) is 10.8. The van der Waals surface area contributed by atoms with Gasteiger partial charge >= 0.3 is 5.97 Å². The van der Waals surface area contributed by atoms with Crippen molar-refractivity contribution >= 4 is 23.3 Å². The number of rotatable bonds is 5. The zero-order valence-electron chi connectivity index (χ0n) is 10.6. The summed E-state index contributed by atoms with van der Waals surface area (Å²) in [5, 5.41) is 12.6. The van der Waals surface area contributed by atoms with Gasteiger partial charge in [0, 0.05) is 17.3 Å². The van der Waals surface area contributed by atoms with Crippen LogP contribution in [0.15, 0.2) is 42.5 Å². The number of benzene rings is 2. The van der Waals surface area contributed by atoms with Crippen LogP contribution in [0.1, 0.15) is 15.9 Å². The van der Waals surface area contributed by atoms with E-state index in [-0.39, 0.29) is 5.56 Å². The molecule has 0 bridgehead atoms. The molecule has 0 atom stereocenters. The maximum absolute atomic E-state index is 13.2. The van der Waals surface area contributed by atoms with E-state index in [9.17, 15) is 9.18 Å². The molecular weight excluding hydrogens is 281 g/mol. The van der Waals surface area contributed by atoms with Gasteiger partial charge in [-0.1, -0.05) is 23.7 Å². The zero-order chi connectivity index (χ0) is 14.5. The van der Waals surface area contributed by atoms with Gasteiger partial charge in [0.15, 0.2) is 0 Å². The summed E-state index contributed by atoms with van der Waals surface area (Å²) < 4.78 is 13.2. The maximum Gasteiger partial charge on any atom is 0.338 e. The Hall–Kier alpha value is -2.07. The predicted octanol–water partition coefficient (Wildman–Crippen LogP) is 3.83. The third-order valence-corrected chi connectivity index (χ3v) is 3.10. The van der Waals surface area contributed by atoms with Crippen molar-refractivity contribution in [1.29, 1.82) is 0 Å². The highest BCUT2D eigenvalue weighted by atomic mass is 35.5. The second kappa shape index (κ2) is 6.39. The lowest BCUT2D eigenvalue weighted by Gasteiger charge is -2.08. The number of carboxylic acids is 1.